The molecule has 0 saturated heterocycles. The normalized spacial score (nSPS) is 12.9. The smallest absolute Gasteiger partial charge is 0.228 e. The monoisotopic (exact) mass is 436 g/mol. The minimum absolute atomic E-state index is 0.0888. The highest BCUT2D eigenvalue weighted by molar-refractivity contribution is 6.13. The maximum atomic E-state index is 14.1. The van der Waals surface area contributed by atoms with Crippen molar-refractivity contribution in [2.24, 2.45) is 12.5 Å². The largest absolute Gasteiger partial charge is 0.455 e. The number of fused-ring (bicyclic) bond motifs is 5. The molecule has 2 heterocycles. The van der Waals surface area contributed by atoms with Gasteiger partial charge in [0, 0.05) is 17.0 Å². The Bertz CT molecular complexity index is 1630. The molecular weight excluding hydrogens is 409 g/mol. The summed E-state index contributed by atoms with van der Waals surface area (Å²) in [6, 6.07) is 17.8. The standard InChI is InChI=1S/C30H27FNO/c1-17-21-8-6-7-9-23(21)24(16-30(2,3)4)29-25(17)27-26-18(12-13-32(27)5)14-19-15-20(31)10-11-22(19)28(26)33-29/h6-15H,16H2,1-5H3/q+1. The lowest BCUT2D eigenvalue weighted by Crippen LogP contribution is -2.32. The fourth-order valence-electron chi connectivity index (χ4n) is 5.45. The van der Waals surface area contributed by atoms with E-state index in [9.17, 15) is 4.39 Å². The fourth-order valence-corrected chi connectivity index (χ4v) is 5.45. The van der Waals surface area contributed by atoms with E-state index in [1.807, 2.05) is 6.07 Å². The number of aryl methyl sites for hydroxylation is 2. The number of ether oxygens (including phenoxy) is 1. The molecular formula is C30H27FNO+. The fraction of sp³-hybridized carbons (Fsp3) is 0.233. The van der Waals surface area contributed by atoms with Gasteiger partial charge in [0.15, 0.2) is 6.20 Å². The van der Waals surface area contributed by atoms with Crippen molar-refractivity contribution in [2.45, 2.75) is 34.1 Å². The van der Waals surface area contributed by atoms with Gasteiger partial charge in [-0.15, -0.1) is 0 Å². The topological polar surface area (TPSA) is 13.1 Å². The lowest BCUT2D eigenvalue weighted by Gasteiger charge is -2.28. The van der Waals surface area contributed by atoms with Crippen molar-refractivity contribution in [1.82, 2.24) is 0 Å². The van der Waals surface area contributed by atoms with Crippen molar-refractivity contribution in [3.63, 3.8) is 0 Å². The van der Waals surface area contributed by atoms with Crippen LogP contribution in [0.25, 0.3) is 43.6 Å². The van der Waals surface area contributed by atoms with Crippen LogP contribution in [0.1, 0.15) is 31.9 Å². The van der Waals surface area contributed by atoms with E-state index in [1.165, 1.54) is 28.0 Å². The molecule has 0 atom stereocenters. The van der Waals surface area contributed by atoms with Crippen LogP contribution in [0.3, 0.4) is 0 Å². The Hall–Kier alpha value is -3.46. The van der Waals surface area contributed by atoms with E-state index in [2.05, 4.69) is 81.9 Å². The Labute approximate surface area is 193 Å². The molecule has 0 radical (unpaired) electrons. The van der Waals surface area contributed by atoms with Gasteiger partial charge in [0.25, 0.3) is 0 Å². The summed E-state index contributed by atoms with van der Waals surface area (Å²) in [6.07, 6.45) is 2.99. The van der Waals surface area contributed by atoms with Gasteiger partial charge in [0.2, 0.25) is 5.69 Å². The first-order valence-corrected chi connectivity index (χ1v) is 11.5. The van der Waals surface area contributed by atoms with Gasteiger partial charge < -0.3 is 4.74 Å². The molecule has 1 aliphatic heterocycles. The number of pyridine rings is 1. The minimum Gasteiger partial charge on any atom is -0.455 e. The molecule has 33 heavy (non-hydrogen) atoms. The number of nitrogens with zero attached hydrogens (tertiary/aromatic N) is 1. The number of rotatable bonds is 1. The Morgan fingerprint density at radius 3 is 2.39 bits per heavy atom. The van der Waals surface area contributed by atoms with Crippen molar-refractivity contribution < 1.29 is 13.7 Å². The molecule has 0 unspecified atom stereocenters. The van der Waals surface area contributed by atoms with Gasteiger partial charge in [-0.1, -0.05) is 45.0 Å². The number of aromatic nitrogens is 1. The molecule has 0 saturated carbocycles. The van der Waals surface area contributed by atoms with Gasteiger partial charge in [-0.3, -0.25) is 0 Å². The van der Waals surface area contributed by atoms with E-state index < -0.39 is 0 Å². The average Bonchev–Trinajstić information content (AvgIpc) is 2.77. The van der Waals surface area contributed by atoms with E-state index in [0.29, 0.717) is 0 Å². The second-order valence-electron chi connectivity index (χ2n) is 10.5. The molecule has 0 fully saturated rings. The Balaban J connectivity index is 1.83. The number of hydrogen-bond donors (Lipinski definition) is 0. The SMILES string of the molecule is Cc1c2c(c(CC(C)(C)C)c3ccccc13)Oc1c3ccc(F)cc3cc3cc[n+](C)c-2c13. The zero-order valence-corrected chi connectivity index (χ0v) is 19.7. The molecule has 164 valence electrons. The molecule has 5 aromatic rings. The van der Waals surface area contributed by atoms with Gasteiger partial charge in [-0.2, -0.15) is 0 Å². The van der Waals surface area contributed by atoms with E-state index in [-0.39, 0.29) is 11.2 Å². The van der Waals surface area contributed by atoms with E-state index in [4.69, 9.17) is 4.74 Å². The van der Waals surface area contributed by atoms with Crippen molar-refractivity contribution >= 4 is 32.3 Å². The zero-order valence-electron chi connectivity index (χ0n) is 19.7. The summed E-state index contributed by atoms with van der Waals surface area (Å²) >= 11 is 0. The molecule has 0 bridgehead atoms. The molecule has 1 aliphatic rings. The first-order valence-electron chi connectivity index (χ1n) is 11.5. The predicted molar refractivity (Wildman–Crippen MR) is 133 cm³/mol. The van der Waals surface area contributed by atoms with Crippen LogP contribution >= 0.6 is 0 Å². The molecule has 0 spiro atoms. The zero-order chi connectivity index (χ0) is 23.1. The average molecular weight is 437 g/mol. The van der Waals surface area contributed by atoms with Crippen molar-refractivity contribution in [1.29, 1.82) is 0 Å². The van der Waals surface area contributed by atoms with Gasteiger partial charge in [-0.25, -0.2) is 8.96 Å². The Morgan fingerprint density at radius 2 is 1.64 bits per heavy atom. The summed E-state index contributed by atoms with van der Waals surface area (Å²) in [4.78, 5) is 0. The van der Waals surface area contributed by atoms with Gasteiger partial charge in [0.05, 0.1) is 10.9 Å². The lowest BCUT2D eigenvalue weighted by atomic mass is 9.81. The van der Waals surface area contributed by atoms with Crippen LogP contribution in [0.4, 0.5) is 4.39 Å². The third-order valence-corrected chi connectivity index (χ3v) is 6.83. The molecule has 1 aromatic heterocycles. The number of benzene rings is 4. The Kier molecular flexibility index (Phi) is 4.14. The summed E-state index contributed by atoms with van der Waals surface area (Å²) in [6.45, 7) is 9.00. The summed E-state index contributed by atoms with van der Waals surface area (Å²) in [5.41, 5.74) is 4.88. The summed E-state index contributed by atoms with van der Waals surface area (Å²) in [5.74, 6) is 1.53. The molecule has 4 aromatic carbocycles. The van der Waals surface area contributed by atoms with Crippen molar-refractivity contribution in [2.75, 3.05) is 0 Å². The quantitative estimate of drug-likeness (QED) is 0.189. The molecule has 6 rings (SSSR count). The third-order valence-electron chi connectivity index (χ3n) is 6.83. The summed E-state index contributed by atoms with van der Waals surface area (Å²) < 4.78 is 23.2. The second-order valence-corrected chi connectivity index (χ2v) is 10.5. The van der Waals surface area contributed by atoms with E-state index in [0.717, 1.165) is 50.7 Å². The minimum atomic E-state index is -0.234. The lowest BCUT2D eigenvalue weighted by molar-refractivity contribution is -0.659. The maximum absolute atomic E-state index is 14.1. The Morgan fingerprint density at radius 1 is 0.879 bits per heavy atom. The van der Waals surface area contributed by atoms with Crippen LogP contribution < -0.4 is 9.30 Å². The maximum Gasteiger partial charge on any atom is 0.228 e. The molecule has 3 heteroatoms. The first-order chi connectivity index (χ1) is 15.7. The van der Waals surface area contributed by atoms with E-state index in [1.54, 1.807) is 6.07 Å². The molecule has 2 nitrogen and oxygen atoms in total. The van der Waals surface area contributed by atoms with Gasteiger partial charge in [0.1, 0.15) is 24.4 Å². The van der Waals surface area contributed by atoms with Crippen LogP contribution in [-0.4, -0.2) is 0 Å². The summed E-state index contributed by atoms with van der Waals surface area (Å²) in [7, 11) is 2.10. The van der Waals surface area contributed by atoms with Crippen LogP contribution in [0.15, 0.2) is 60.8 Å². The molecule has 0 N–H and O–H groups in total. The first kappa shape index (κ1) is 20.2. The highest BCUT2D eigenvalue weighted by Crippen LogP contribution is 2.53. The van der Waals surface area contributed by atoms with Crippen LogP contribution in [-0.2, 0) is 13.5 Å². The molecule has 0 amide bonds. The summed E-state index contributed by atoms with van der Waals surface area (Å²) in [5, 5.41) is 6.46. The predicted octanol–water partition coefficient (Wildman–Crippen LogP) is 7.78. The van der Waals surface area contributed by atoms with Crippen molar-refractivity contribution in [3.8, 4) is 22.8 Å². The van der Waals surface area contributed by atoms with Gasteiger partial charge in [-0.05, 0) is 70.1 Å². The number of hydrogen-bond acceptors (Lipinski definition) is 1. The van der Waals surface area contributed by atoms with Crippen LogP contribution in [0.5, 0.6) is 11.5 Å². The highest BCUT2D eigenvalue weighted by Gasteiger charge is 2.34. The van der Waals surface area contributed by atoms with Crippen molar-refractivity contribution in [3.05, 3.63) is 77.7 Å². The second kappa shape index (κ2) is 6.77. The van der Waals surface area contributed by atoms with E-state index >= 15 is 0 Å². The molecule has 0 aliphatic carbocycles. The van der Waals surface area contributed by atoms with Crippen LogP contribution in [0, 0.1) is 18.2 Å². The van der Waals surface area contributed by atoms with Gasteiger partial charge >= 0.3 is 0 Å². The van der Waals surface area contributed by atoms with Crippen LogP contribution in [0.2, 0.25) is 0 Å². The highest BCUT2D eigenvalue weighted by atomic mass is 19.1. The third kappa shape index (κ3) is 2.95. The number of halogens is 1.